The van der Waals surface area contributed by atoms with E-state index in [1.807, 2.05) is 0 Å². The molecule has 4 rings (SSSR count). The van der Waals surface area contributed by atoms with E-state index in [-0.39, 0.29) is 28.9 Å². The van der Waals surface area contributed by atoms with Gasteiger partial charge in [-0.2, -0.15) is 0 Å². The van der Waals surface area contributed by atoms with Crippen LogP contribution < -0.4 is 9.47 Å². The lowest BCUT2D eigenvalue weighted by atomic mass is 9.82. The van der Waals surface area contributed by atoms with E-state index in [0.29, 0.717) is 29.9 Å². The van der Waals surface area contributed by atoms with E-state index in [1.54, 1.807) is 18.2 Å². The third kappa shape index (κ3) is 7.33. The van der Waals surface area contributed by atoms with Crippen LogP contribution in [0.5, 0.6) is 11.5 Å². The molecule has 1 saturated carbocycles. The van der Waals surface area contributed by atoms with Crippen molar-refractivity contribution in [3.05, 3.63) is 95.8 Å². The summed E-state index contributed by atoms with van der Waals surface area (Å²) >= 11 is 0. The second kappa shape index (κ2) is 14.2. The van der Waals surface area contributed by atoms with Crippen molar-refractivity contribution in [2.24, 2.45) is 0 Å². The number of esters is 1. The number of hydrogen-bond donors (Lipinski definition) is 0. The summed E-state index contributed by atoms with van der Waals surface area (Å²) in [7, 11) is 0. The highest BCUT2D eigenvalue weighted by Crippen LogP contribution is 2.38. The number of carbonyl (C=O) groups is 1. The molecule has 0 saturated heterocycles. The second-order valence-electron chi connectivity index (χ2n) is 10.0. The maximum Gasteiger partial charge on any atom is 0.343 e. The molecule has 0 heterocycles. The Hall–Kier alpha value is -3.58. The van der Waals surface area contributed by atoms with Crippen molar-refractivity contribution in [1.82, 2.24) is 0 Å². The highest BCUT2D eigenvalue weighted by Gasteiger charge is 2.27. The highest BCUT2D eigenvalue weighted by molar-refractivity contribution is 5.91. The smallest absolute Gasteiger partial charge is 0.343 e. The van der Waals surface area contributed by atoms with Crippen molar-refractivity contribution in [2.45, 2.75) is 63.9 Å². The molecule has 0 bridgehead atoms. The molecule has 0 radical (unpaired) electrons. The molecule has 0 aliphatic heterocycles. The van der Waals surface area contributed by atoms with Gasteiger partial charge in [-0.1, -0.05) is 43.7 Å². The van der Waals surface area contributed by atoms with Crippen molar-refractivity contribution in [3.63, 3.8) is 0 Å². The Labute approximate surface area is 233 Å². The van der Waals surface area contributed by atoms with Gasteiger partial charge in [0.05, 0.1) is 18.3 Å². The predicted molar refractivity (Wildman–Crippen MR) is 149 cm³/mol. The third-order valence-electron chi connectivity index (χ3n) is 7.21. The Balaban J connectivity index is 1.39. The van der Waals surface area contributed by atoms with E-state index in [9.17, 15) is 9.18 Å². The van der Waals surface area contributed by atoms with E-state index in [1.165, 1.54) is 36.4 Å². The van der Waals surface area contributed by atoms with Gasteiger partial charge >= 0.3 is 5.97 Å². The Morgan fingerprint density at radius 2 is 1.70 bits per heavy atom. The van der Waals surface area contributed by atoms with Crippen molar-refractivity contribution >= 4 is 5.97 Å². The van der Waals surface area contributed by atoms with Gasteiger partial charge in [-0.15, -0.1) is 6.58 Å². The first kappa shape index (κ1) is 29.4. The summed E-state index contributed by atoms with van der Waals surface area (Å²) in [6.07, 6.45) is 7.81. The lowest BCUT2D eigenvalue weighted by molar-refractivity contribution is 0.0230. The fourth-order valence-corrected chi connectivity index (χ4v) is 4.90. The summed E-state index contributed by atoms with van der Waals surface area (Å²) < 4.78 is 61.2. The van der Waals surface area contributed by atoms with Crippen molar-refractivity contribution in [1.29, 1.82) is 0 Å². The lowest BCUT2D eigenvalue weighted by Gasteiger charge is -2.29. The van der Waals surface area contributed by atoms with Crippen LogP contribution in [0.3, 0.4) is 0 Å². The minimum Gasteiger partial charge on any atom is -0.493 e. The van der Waals surface area contributed by atoms with Crippen LogP contribution >= 0.6 is 0 Å². The second-order valence-corrected chi connectivity index (χ2v) is 10.0. The normalized spacial score (nSPS) is 16.9. The molecule has 1 aliphatic rings. The maximum absolute atomic E-state index is 15.2. The molecule has 3 aromatic rings. The van der Waals surface area contributed by atoms with E-state index in [2.05, 4.69) is 13.5 Å². The average molecular weight is 553 g/mol. The van der Waals surface area contributed by atoms with Crippen LogP contribution in [-0.2, 0) is 4.74 Å². The van der Waals surface area contributed by atoms with Gasteiger partial charge < -0.3 is 14.2 Å². The standard InChI is InChI=1S/C33H35F3O4/c1-3-5-19-38-25-13-11-23(12-14-25)28-17-16-27(31(35)32(28)36)22-7-9-24(10-8-22)33(37)40-30-18-15-26(21-29(30)34)39-20-6-4-2/h4,7-10,15-18,21,23,25H,2-3,5-6,11-14,19-20H2,1H3. The first-order valence-electron chi connectivity index (χ1n) is 13.9. The van der Waals surface area contributed by atoms with Crippen LogP contribution in [0.1, 0.15) is 73.7 Å². The molecule has 0 N–H and O–H groups in total. The number of benzene rings is 3. The molecular weight excluding hydrogens is 517 g/mol. The molecule has 7 heteroatoms. The average Bonchev–Trinajstić information content (AvgIpc) is 2.97. The van der Waals surface area contributed by atoms with Crippen LogP contribution in [0, 0.1) is 17.5 Å². The van der Waals surface area contributed by atoms with Gasteiger partial charge in [0.2, 0.25) is 0 Å². The number of halogens is 3. The molecule has 40 heavy (non-hydrogen) atoms. The molecule has 1 aliphatic carbocycles. The minimum atomic E-state index is -0.911. The highest BCUT2D eigenvalue weighted by atomic mass is 19.2. The quantitative estimate of drug-likeness (QED) is 0.0975. The number of ether oxygens (including phenoxy) is 3. The molecule has 0 aromatic heterocycles. The number of rotatable bonds is 12. The van der Waals surface area contributed by atoms with Gasteiger partial charge in [-0.3, -0.25) is 0 Å². The molecule has 212 valence electrons. The predicted octanol–water partition coefficient (Wildman–Crippen LogP) is 8.79. The van der Waals surface area contributed by atoms with Crippen LogP contribution in [0.2, 0.25) is 0 Å². The van der Waals surface area contributed by atoms with Crippen molar-refractivity contribution < 1.29 is 32.2 Å². The van der Waals surface area contributed by atoms with E-state index < -0.39 is 23.4 Å². The Kier molecular flexibility index (Phi) is 10.4. The molecule has 1 fully saturated rings. The van der Waals surface area contributed by atoms with Gasteiger partial charge in [-0.05, 0) is 79.8 Å². The molecule has 0 amide bonds. The number of carbonyl (C=O) groups excluding carboxylic acids is 1. The first-order chi connectivity index (χ1) is 19.4. The molecule has 0 spiro atoms. The van der Waals surface area contributed by atoms with Crippen LogP contribution in [-0.4, -0.2) is 25.3 Å². The monoisotopic (exact) mass is 552 g/mol. The summed E-state index contributed by atoms with van der Waals surface area (Å²) in [5.74, 6) is -3.23. The molecule has 0 atom stereocenters. The van der Waals surface area contributed by atoms with Gasteiger partial charge in [0.25, 0.3) is 0 Å². The Morgan fingerprint density at radius 3 is 2.38 bits per heavy atom. The van der Waals surface area contributed by atoms with Gasteiger partial charge in [0.15, 0.2) is 23.2 Å². The summed E-state index contributed by atoms with van der Waals surface area (Å²) in [6.45, 7) is 6.82. The third-order valence-corrected chi connectivity index (χ3v) is 7.21. The van der Waals surface area contributed by atoms with Gasteiger partial charge in [0, 0.05) is 18.2 Å². The summed E-state index contributed by atoms with van der Waals surface area (Å²) in [4.78, 5) is 12.6. The number of hydrogen-bond acceptors (Lipinski definition) is 4. The first-order valence-corrected chi connectivity index (χ1v) is 13.9. The van der Waals surface area contributed by atoms with Crippen molar-refractivity contribution in [2.75, 3.05) is 13.2 Å². The van der Waals surface area contributed by atoms with E-state index >= 15 is 8.78 Å². The fourth-order valence-electron chi connectivity index (χ4n) is 4.90. The zero-order valence-corrected chi connectivity index (χ0v) is 22.8. The zero-order valence-electron chi connectivity index (χ0n) is 22.8. The maximum atomic E-state index is 15.2. The van der Waals surface area contributed by atoms with Crippen LogP contribution in [0.4, 0.5) is 13.2 Å². The Bertz CT molecular complexity index is 1300. The lowest BCUT2D eigenvalue weighted by Crippen LogP contribution is -2.22. The van der Waals surface area contributed by atoms with Crippen LogP contribution in [0.25, 0.3) is 11.1 Å². The fraction of sp³-hybridized carbons (Fsp3) is 0.364. The minimum absolute atomic E-state index is 0.0418. The largest absolute Gasteiger partial charge is 0.493 e. The summed E-state index contributed by atoms with van der Waals surface area (Å²) in [5.41, 5.74) is 1.06. The van der Waals surface area contributed by atoms with Gasteiger partial charge in [-0.25, -0.2) is 18.0 Å². The molecule has 3 aromatic carbocycles. The molecule has 4 nitrogen and oxygen atoms in total. The van der Waals surface area contributed by atoms with E-state index in [0.717, 1.165) is 51.2 Å². The summed E-state index contributed by atoms with van der Waals surface area (Å²) in [5, 5.41) is 0. The molecule has 0 unspecified atom stereocenters. The van der Waals surface area contributed by atoms with Gasteiger partial charge in [0.1, 0.15) is 5.75 Å². The van der Waals surface area contributed by atoms with Crippen molar-refractivity contribution in [3.8, 4) is 22.6 Å². The van der Waals surface area contributed by atoms with Crippen LogP contribution in [0.15, 0.2) is 67.3 Å². The van der Waals surface area contributed by atoms with E-state index in [4.69, 9.17) is 14.2 Å². The molecular formula is C33H35F3O4. The SMILES string of the molecule is C=CCCOc1ccc(OC(=O)c2ccc(-c3ccc(C4CCC(OCCCC)CC4)c(F)c3F)cc2)c(F)c1. The summed E-state index contributed by atoms with van der Waals surface area (Å²) in [6, 6.07) is 13.1. The topological polar surface area (TPSA) is 44.8 Å². The number of unbranched alkanes of at least 4 members (excludes halogenated alkanes) is 1. The zero-order chi connectivity index (χ0) is 28.5. The Morgan fingerprint density at radius 1 is 0.950 bits per heavy atom.